The van der Waals surface area contributed by atoms with Crippen molar-refractivity contribution in [1.29, 1.82) is 0 Å². The van der Waals surface area contributed by atoms with Gasteiger partial charge in [0, 0.05) is 11.6 Å². The molecule has 1 N–H and O–H groups in total. The van der Waals surface area contributed by atoms with Gasteiger partial charge in [0.25, 0.3) is 0 Å². The van der Waals surface area contributed by atoms with Crippen LogP contribution in [-0.2, 0) is 4.79 Å². The van der Waals surface area contributed by atoms with E-state index in [9.17, 15) is 4.79 Å². The zero-order chi connectivity index (χ0) is 7.40. The molecule has 0 bridgehead atoms. The van der Waals surface area contributed by atoms with E-state index in [2.05, 4.69) is 10.3 Å². The maximum atomic E-state index is 9.98. The summed E-state index contributed by atoms with van der Waals surface area (Å²) in [6, 6.07) is 0.0394. The first-order valence-electron chi connectivity index (χ1n) is 2.93. The molecule has 0 saturated carbocycles. The van der Waals surface area contributed by atoms with Gasteiger partial charge in [0.1, 0.15) is 5.01 Å². The molecule has 0 aromatic carbocycles. The highest BCUT2D eigenvalue weighted by molar-refractivity contribution is 7.09. The molecule has 1 aromatic rings. The lowest BCUT2D eigenvalue weighted by molar-refractivity contribution is -0.110. The molecule has 0 aliphatic carbocycles. The average Bonchev–Trinajstić information content (AvgIpc) is 2.38. The van der Waals surface area contributed by atoms with Gasteiger partial charge in [-0.25, -0.2) is 4.98 Å². The molecule has 10 heavy (non-hydrogen) atoms. The van der Waals surface area contributed by atoms with E-state index in [0.717, 1.165) is 5.01 Å². The Morgan fingerprint density at radius 2 is 2.70 bits per heavy atom. The smallest absolute Gasteiger partial charge is 0.207 e. The van der Waals surface area contributed by atoms with E-state index in [1.54, 1.807) is 6.20 Å². The van der Waals surface area contributed by atoms with Crippen molar-refractivity contribution in [3.05, 3.63) is 16.6 Å². The van der Waals surface area contributed by atoms with Crippen molar-refractivity contribution in [2.45, 2.75) is 13.0 Å². The Kier molecular flexibility index (Phi) is 2.39. The predicted molar refractivity (Wildman–Crippen MR) is 39.7 cm³/mol. The van der Waals surface area contributed by atoms with Crippen molar-refractivity contribution in [3.8, 4) is 0 Å². The van der Waals surface area contributed by atoms with E-state index >= 15 is 0 Å². The van der Waals surface area contributed by atoms with Gasteiger partial charge in [-0.3, -0.25) is 4.79 Å². The van der Waals surface area contributed by atoms with Crippen LogP contribution in [0.2, 0.25) is 0 Å². The van der Waals surface area contributed by atoms with Gasteiger partial charge in [-0.15, -0.1) is 11.3 Å². The first kappa shape index (κ1) is 7.21. The number of amides is 1. The largest absolute Gasteiger partial charge is 0.350 e. The second kappa shape index (κ2) is 3.31. The molecule has 0 fully saturated rings. The van der Waals surface area contributed by atoms with Gasteiger partial charge in [-0.05, 0) is 6.92 Å². The Morgan fingerprint density at radius 1 is 1.90 bits per heavy atom. The number of rotatable bonds is 3. The van der Waals surface area contributed by atoms with E-state index in [1.807, 2.05) is 12.3 Å². The maximum Gasteiger partial charge on any atom is 0.207 e. The number of thiazole rings is 1. The Balaban J connectivity index is 2.58. The Hall–Kier alpha value is -0.900. The number of carbonyl (C=O) groups is 1. The third kappa shape index (κ3) is 1.54. The molecule has 0 spiro atoms. The summed E-state index contributed by atoms with van der Waals surface area (Å²) in [6.45, 7) is 1.90. The van der Waals surface area contributed by atoms with Crippen LogP contribution in [0.1, 0.15) is 18.0 Å². The Bertz CT molecular complexity index is 198. The van der Waals surface area contributed by atoms with Crippen LogP contribution in [0.4, 0.5) is 0 Å². The normalized spacial score (nSPS) is 12.5. The third-order valence-corrected chi connectivity index (χ3v) is 2.10. The first-order valence-corrected chi connectivity index (χ1v) is 3.81. The van der Waals surface area contributed by atoms with Crippen LogP contribution >= 0.6 is 11.3 Å². The van der Waals surface area contributed by atoms with Crippen LogP contribution in [0.25, 0.3) is 0 Å². The number of nitrogens with zero attached hydrogens (tertiary/aromatic N) is 1. The van der Waals surface area contributed by atoms with E-state index in [4.69, 9.17) is 0 Å². The van der Waals surface area contributed by atoms with Crippen molar-refractivity contribution < 1.29 is 4.79 Å². The van der Waals surface area contributed by atoms with Crippen LogP contribution in [0.3, 0.4) is 0 Å². The number of hydrogen-bond donors (Lipinski definition) is 1. The number of carbonyl (C=O) groups excluding carboxylic acids is 1. The summed E-state index contributed by atoms with van der Waals surface area (Å²) < 4.78 is 0. The van der Waals surface area contributed by atoms with Crippen LogP contribution in [0.5, 0.6) is 0 Å². The van der Waals surface area contributed by atoms with E-state index in [0.29, 0.717) is 6.41 Å². The Morgan fingerprint density at radius 3 is 3.20 bits per heavy atom. The summed E-state index contributed by atoms with van der Waals surface area (Å²) in [4.78, 5) is 14.0. The third-order valence-electron chi connectivity index (χ3n) is 1.14. The minimum atomic E-state index is 0.0394. The molecule has 3 nitrogen and oxygen atoms in total. The Labute approximate surface area is 63.1 Å². The average molecular weight is 156 g/mol. The van der Waals surface area contributed by atoms with Crippen molar-refractivity contribution in [1.82, 2.24) is 10.3 Å². The van der Waals surface area contributed by atoms with Gasteiger partial charge < -0.3 is 5.32 Å². The number of hydrogen-bond acceptors (Lipinski definition) is 3. The lowest BCUT2D eigenvalue weighted by Gasteiger charge is -2.03. The summed E-state index contributed by atoms with van der Waals surface area (Å²) in [5.74, 6) is 0. The van der Waals surface area contributed by atoms with Crippen LogP contribution in [0, 0.1) is 0 Å². The lowest BCUT2D eigenvalue weighted by Crippen LogP contribution is -2.15. The second-order valence-electron chi connectivity index (χ2n) is 1.88. The van der Waals surface area contributed by atoms with Crippen LogP contribution < -0.4 is 5.32 Å². The molecule has 1 aromatic heterocycles. The second-order valence-corrected chi connectivity index (χ2v) is 2.80. The quantitative estimate of drug-likeness (QED) is 0.662. The summed E-state index contributed by atoms with van der Waals surface area (Å²) in [5, 5.41) is 5.44. The fourth-order valence-corrected chi connectivity index (χ4v) is 1.28. The molecular formula is C6H8N2OS. The summed E-state index contributed by atoms with van der Waals surface area (Å²) >= 11 is 1.54. The van der Waals surface area contributed by atoms with Crippen molar-refractivity contribution in [2.75, 3.05) is 0 Å². The monoisotopic (exact) mass is 156 g/mol. The standard InChI is InChI=1S/C6H8N2OS/c1-5(8-4-9)6-7-2-3-10-6/h2-5H,1H3,(H,8,9)/t5-/m0/s1. The fourth-order valence-electron chi connectivity index (χ4n) is 0.622. The molecule has 4 heteroatoms. The molecule has 1 rings (SSSR count). The predicted octanol–water partition coefficient (Wildman–Crippen LogP) is 0.950. The summed E-state index contributed by atoms with van der Waals surface area (Å²) in [6.07, 6.45) is 2.41. The summed E-state index contributed by atoms with van der Waals surface area (Å²) in [7, 11) is 0. The molecule has 0 unspecified atom stereocenters. The lowest BCUT2D eigenvalue weighted by atomic mass is 10.4. The zero-order valence-corrected chi connectivity index (χ0v) is 6.39. The van der Waals surface area contributed by atoms with Crippen molar-refractivity contribution in [3.63, 3.8) is 0 Å². The van der Waals surface area contributed by atoms with E-state index < -0.39 is 0 Å². The van der Waals surface area contributed by atoms with Gasteiger partial charge in [0.05, 0.1) is 6.04 Å². The van der Waals surface area contributed by atoms with Crippen molar-refractivity contribution >= 4 is 17.7 Å². The topological polar surface area (TPSA) is 42.0 Å². The zero-order valence-electron chi connectivity index (χ0n) is 5.57. The van der Waals surface area contributed by atoms with Gasteiger partial charge in [0.2, 0.25) is 6.41 Å². The maximum absolute atomic E-state index is 9.98. The molecule has 0 saturated heterocycles. The fraction of sp³-hybridized carbons (Fsp3) is 0.333. The highest BCUT2D eigenvalue weighted by atomic mass is 32.1. The minimum Gasteiger partial charge on any atom is -0.350 e. The highest BCUT2D eigenvalue weighted by Crippen LogP contribution is 2.13. The van der Waals surface area contributed by atoms with E-state index in [1.165, 1.54) is 11.3 Å². The first-order chi connectivity index (χ1) is 4.84. The van der Waals surface area contributed by atoms with Crippen molar-refractivity contribution in [2.24, 2.45) is 0 Å². The molecule has 0 aliphatic rings. The van der Waals surface area contributed by atoms with Crippen LogP contribution in [0.15, 0.2) is 11.6 Å². The minimum absolute atomic E-state index is 0.0394. The SMILES string of the molecule is C[C@H](NC=O)c1nccs1. The van der Waals surface area contributed by atoms with Crippen LogP contribution in [-0.4, -0.2) is 11.4 Å². The van der Waals surface area contributed by atoms with Gasteiger partial charge in [-0.1, -0.05) is 0 Å². The molecule has 0 radical (unpaired) electrons. The van der Waals surface area contributed by atoms with Gasteiger partial charge in [0.15, 0.2) is 0 Å². The van der Waals surface area contributed by atoms with Gasteiger partial charge in [-0.2, -0.15) is 0 Å². The molecule has 1 atom stereocenters. The molecule has 54 valence electrons. The number of aromatic nitrogens is 1. The number of nitrogens with one attached hydrogen (secondary N) is 1. The highest BCUT2D eigenvalue weighted by Gasteiger charge is 2.04. The molecule has 1 amide bonds. The molecule has 0 aliphatic heterocycles. The molecule has 1 heterocycles. The summed E-state index contributed by atoms with van der Waals surface area (Å²) in [5.41, 5.74) is 0. The molecular weight excluding hydrogens is 148 g/mol. The van der Waals surface area contributed by atoms with E-state index in [-0.39, 0.29) is 6.04 Å². The van der Waals surface area contributed by atoms with Gasteiger partial charge >= 0.3 is 0 Å².